The predicted molar refractivity (Wildman–Crippen MR) is 95.3 cm³/mol. The second kappa shape index (κ2) is 6.89. The summed E-state index contributed by atoms with van der Waals surface area (Å²) in [5.41, 5.74) is 0.826. The van der Waals surface area contributed by atoms with Crippen molar-refractivity contribution in [3.8, 4) is 0 Å². The Labute approximate surface area is 148 Å². The summed E-state index contributed by atoms with van der Waals surface area (Å²) in [6.45, 7) is 1.29. The van der Waals surface area contributed by atoms with Crippen molar-refractivity contribution in [1.82, 2.24) is 4.90 Å². The number of benzene rings is 1. The van der Waals surface area contributed by atoms with Crippen LogP contribution in [0.4, 0.5) is 0 Å². The molecule has 1 amide bonds. The van der Waals surface area contributed by atoms with Crippen LogP contribution in [0.25, 0.3) is 6.08 Å². The number of nitrogens with zero attached hydrogens (tertiary/aromatic N) is 1. The molecule has 0 spiro atoms. The number of rotatable bonds is 3. The highest BCUT2D eigenvalue weighted by Crippen LogP contribution is 2.34. The van der Waals surface area contributed by atoms with Crippen LogP contribution in [-0.2, 0) is 9.53 Å². The highest BCUT2D eigenvalue weighted by atomic mass is 35.5. The molecule has 0 unspecified atom stereocenters. The summed E-state index contributed by atoms with van der Waals surface area (Å²) < 4.78 is 6.16. The highest BCUT2D eigenvalue weighted by Gasteiger charge is 2.34. The van der Waals surface area contributed by atoms with E-state index in [-0.39, 0.29) is 12.0 Å². The number of thioether (sulfide) groups is 1. The lowest BCUT2D eigenvalue weighted by atomic mass is 10.2. The number of hydrogen-bond donors (Lipinski definition) is 0. The minimum absolute atomic E-state index is 0.0726. The predicted octanol–water partition coefficient (Wildman–Crippen LogP) is 4.37. The topological polar surface area (TPSA) is 29.5 Å². The van der Waals surface area contributed by atoms with E-state index in [0.29, 0.717) is 25.8 Å². The maximum Gasteiger partial charge on any atom is 0.266 e. The minimum atomic E-state index is -0.0726. The highest BCUT2D eigenvalue weighted by molar-refractivity contribution is 8.26. The molecule has 0 N–H and O–H groups in total. The molecule has 1 aromatic rings. The number of carbonyl (C=O) groups is 1. The minimum Gasteiger partial charge on any atom is -0.376 e. The molecule has 22 heavy (non-hydrogen) atoms. The van der Waals surface area contributed by atoms with Gasteiger partial charge in [0.05, 0.1) is 27.6 Å². The van der Waals surface area contributed by atoms with Gasteiger partial charge in [-0.3, -0.25) is 9.69 Å². The monoisotopic (exact) mass is 373 g/mol. The molecule has 3 rings (SSSR count). The van der Waals surface area contributed by atoms with Gasteiger partial charge in [0.1, 0.15) is 4.32 Å². The zero-order valence-electron chi connectivity index (χ0n) is 11.6. The van der Waals surface area contributed by atoms with E-state index in [2.05, 4.69) is 0 Å². The van der Waals surface area contributed by atoms with Crippen molar-refractivity contribution < 1.29 is 9.53 Å². The van der Waals surface area contributed by atoms with Crippen LogP contribution in [0.1, 0.15) is 18.4 Å². The lowest BCUT2D eigenvalue weighted by Crippen LogP contribution is -2.35. The van der Waals surface area contributed by atoms with Gasteiger partial charge in [0.15, 0.2) is 0 Å². The number of ether oxygens (including phenoxy) is 1. The Hall–Kier alpha value is -0.590. The second-order valence-corrected chi connectivity index (χ2v) is 7.59. The van der Waals surface area contributed by atoms with Gasteiger partial charge in [-0.2, -0.15) is 0 Å². The van der Waals surface area contributed by atoms with E-state index in [0.717, 1.165) is 25.0 Å². The van der Waals surface area contributed by atoms with Gasteiger partial charge in [-0.1, -0.05) is 53.2 Å². The lowest BCUT2D eigenvalue weighted by molar-refractivity contribution is -0.123. The van der Waals surface area contributed by atoms with Crippen LogP contribution in [-0.4, -0.2) is 34.4 Å². The molecule has 3 nitrogen and oxygen atoms in total. The third-order valence-corrected chi connectivity index (χ3v) is 5.64. The first-order valence-corrected chi connectivity index (χ1v) is 8.84. The summed E-state index contributed by atoms with van der Waals surface area (Å²) in [5, 5.41) is 0.954. The molecule has 1 atom stereocenters. The zero-order chi connectivity index (χ0) is 15.7. The van der Waals surface area contributed by atoms with E-state index in [1.54, 1.807) is 23.1 Å². The maximum absolute atomic E-state index is 12.5. The first-order valence-electron chi connectivity index (χ1n) is 6.86. The third kappa shape index (κ3) is 3.49. The largest absolute Gasteiger partial charge is 0.376 e. The van der Waals surface area contributed by atoms with Crippen LogP contribution in [0.2, 0.25) is 10.0 Å². The Morgan fingerprint density at radius 1 is 1.41 bits per heavy atom. The van der Waals surface area contributed by atoms with E-state index in [4.69, 9.17) is 40.2 Å². The first-order chi connectivity index (χ1) is 10.5. The standard InChI is InChI=1S/C15H13Cl2NO2S2/c16-11-4-3-9(6-12(11)17)7-13-14(19)18(15(21)22-13)8-10-2-1-5-20-10/h3-4,6-7,10H,1-2,5,8H2/b13-7-/t10-/m0/s1. The molecule has 0 saturated carbocycles. The normalized spacial score (nSPS) is 23.8. The Bertz CT molecular complexity index is 657. The summed E-state index contributed by atoms with van der Waals surface area (Å²) in [4.78, 5) is 14.7. The van der Waals surface area contributed by atoms with Crippen molar-refractivity contribution in [2.24, 2.45) is 0 Å². The van der Waals surface area contributed by atoms with Crippen molar-refractivity contribution in [2.45, 2.75) is 18.9 Å². The van der Waals surface area contributed by atoms with Crippen molar-refractivity contribution in [1.29, 1.82) is 0 Å². The Morgan fingerprint density at radius 2 is 2.23 bits per heavy atom. The maximum atomic E-state index is 12.5. The summed E-state index contributed by atoms with van der Waals surface area (Å²) in [6, 6.07) is 5.26. The van der Waals surface area contributed by atoms with E-state index in [9.17, 15) is 4.79 Å². The van der Waals surface area contributed by atoms with Crippen molar-refractivity contribution in [2.75, 3.05) is 13.2 Å². The average Bonchev–Trinajstić information content (AvgIpc) is 3.08. The van der Waals surface area contributed by atoms with E-state index in [1.807, 2.05) is 6.07 Å². The molecule has 2 aliphatic heterocycles. The van der Waals surface area contributed by atoms with Crippen molar-refractivity contribution in [3.05, 3.63) is 38.7 Å². The Kier molecular flexibility index (Phi) is 5.10. The molecule has 2 fully saturated rings. The van der Waals surface area contributed by atoms with Gasteiger partial charge in [-0.15, -0.1) is 0 Å². The van der Waals surface area contributed by atoms with Gasteiger partial charge < -0.3 is 4.74 Å². The fourth-order valence-corrected chi connectivity index (χ4v) is 3.98. The van der Waals surface area contributed by atoms with E-state index in [1.165, 1.54) is 11.8 Å². The van der Waals surface area contributed by atoms with Crippen LogP contribution < -0.4 is 0 Å². The first kappa shape index (κ1) is 16.3. The molecule has 1 aromatic carbocycles. The summed E-state index contributed by atoms with van der Waals surface area (Å²) in [6.07, 6.45) is 3.89. The van der Waals surface area contributed by atoms with Gasteiger partial charge in [-0.05, 0) is 36.6 Å². The van der Waals surface area contributed by atoms with Gasteiger partial charge in [-0.25, -0.2) is 0 Å². The molecule has 0 bridgehead atoms. The van der Waals surface area contributed by atoms with Crippen LogP contribution in [0.15, 0.2) is 23.1 Å². The molecule has 116 valence electrons. The quantitative estimate of drug-likeness (QED) is 0.580. The van der Waals surface area contributed by atoms with Crippen molar-refractivity contribution >= 4 is 63.5 Å². The lowest BCUT2D eigenvalue weighted by Gasteiger charge is -2.18. The van der Waals surface area contributed by atoms with E-state index >= 15 is 0 Å². The second-order valence-electron chi connectivity index (χ2n) is 5.10. The van der Waals surface area contributed by atoms with Gasteiger partial charge in [0.2, 0.25) is 0 Å². The van der Waals surface area contributed by atoms with Crippen LogP contribution >= 0.6 is 47.2 Å². The fraction of sp³-hybridized carbons (Fsp3) is 0.333. The Balaban J connectivity index is 1.77. The summed E-state index contributed by atoms with van der Waals surface area (Å²) in [5.74, 6) is -0.0726. The molecule has 2 saturated heterocycles. The average molecular weight is 374 g/mol. The summed E-state index contributed by atoms with van der Waals surface area (Å²) >= 11 is 18.5. The van der Waals surface area contributed by atoms with Crippen LogP contribution in [0, 0.1) is 0 Å². The molecule has 0 aromatic heterocycles. The third-order valence-electron chi connectivity index (χ3n) is 3.53. The molecule has 0 aliphatic carbocycles. The van der Waals surface area contributed by atoms with E-state index < -0.39 is 0 Å². The molecular weight excluding hydrogens is 361 g/mol. The van der Waals surface area contributed by atoms with Gasteiger partial charge >= 0.3 is 0 Å². The van der Waals surface area contributed by atoms with Crippen molar-refractivity contribution in [3.63, 3.8) is 0 Å². The van der Waals surface area contributed by atoms with Crippen LogP contribution in [0.5, 0.6) is 0 Å². The number of hydrogen-bond acceptors (Lipinski definition) is 4. The number of amides is 1. The zero-order valence-corrected chi connectivity index (χ0v) is 14.7. The molecule has 7 heteroatoms. The SMILES string of the molecule is O=C1/C(=C/c2ccc(Cl)c(Cl)c2)SC(=S)N1C[C@@H]1CCCO1. The van der Waals surface area contributed by atoms with Gasteiger partial charge in [0, 0.05) is 6.61 Å². The number of halogens is 2. The number of thiocarbonyl (C=S) groups is 1. The smallest absolute Gasteiger partial charge is 0.266 e. The molecule has 2 heterocycles. The Morgan fingerprint density at radius 3 is 2.91 bits per heavy atom. The molecule has 2 aliphatic rings. The summed E-state index contributed by atoms with van der Waals surface area (Å²) in [7, 11) is 0. The van der Waals surface area contributed by atoms with Crippen LogP contribution in [0.3, 0.4) is 0 Å². The van der Waals surface area contributed by atoms with Gasteiger partial charge in [0.25, 0.3) is 5.91 Å². The molecule has 0 radical (unpaired) electrons. The molecular formula is C15H13Cl2NO2S2. The number of carbonyl (C=O) groups excluding carboxylic acids is 1. The fourth-order valence-electron chi connectivity index (χ4n) is 2.40.